The molecule has 0 aromatic heterocycles. The van der Waals surface area contributed by atoms with E-state index in [2.05, 4.69) is 5.32 Å². The highest BCUT2D eigenvalue weighted by atomic mass is 35.5. The zero-order valence-electron chi connectivity index (χ0n) is 13.7. The van der Waals surface area contributed by atoms with Gasteiger partial charge in [-0.25, -0.2) is 0 Å². The smallest absolute Gasteiger partial charge is 0.165 e. The monoisotopic (exact) mass is 335 g/mol. The van der Waals surface area contributed by atoms with E-state index in [9.17, 15) is 0 Å². The molecule has 0 amide bonds. The molecule has 0 aliphatic rings. The van der Waals surface area contributed by atoms with E-state index in [1.807, 2.05) is 37.3 Å². The van der Waals surface area contributed by atoms with Crippen molar-refractivity contribution in [3.63, 3.8) is 0 Å². The van der Waals surface area contributed by atoms with Crippen LogP contribution in [-0.2, 0) is 13.1 Å². The molecule has 23 heavy (non-hydrogen) atoms. The molecule has 0 aliphatic carbocycles. The van der Waals surface area contributed by atoms with Crippen molar-refractivity contribution >= 4 is 11.6 Å². The first-order chi connectivity index (χ1) is 11.2. The fourth-order valence-electron chi connectivity index (χ4n) is 2.39. The number of nitrogens with one attached hydrogen (secondary N) is 1. The molecule has 1 N–H and O–H groups in total. The summed E-state index contributed by atoms with van der Waals surface area (Å²) in [5.41, 5.74) is 2.06. The van der Waals surface area contributed by atoms with Crippen molar-refractivity contribution in [3.8, 4) is 17.2 Å². The summed E-state index contributed by atoms with van der Waals surface area (Å²) in [5.74, 6) is 2.24. The molecule has 2 aromatic rings. The lowest BCUT2D eigenvalue weighted by atomic mass is 10.1. The topological polar surface area (TPSA) is 39.7 Å². The zero-order valence-corrected chi connectivity index (χ0v) is 14.4. The molecular weight excluding hydrogens is 314 g/mol. The molecular formula is C18H22ClNO3. The van der Waals surface area contributed by atoms with Gasteiger partial charge in [0.05, 0.1) is 20.8 Å². The van der Waals surface area contributed by atoms with Crippen LogP contribution >= 0.6 is 11.6 Å². The van der Waals surface area contributed by atoms with Gasteiger partial charge in [0.15, 0.2) is 11.5 Å². The second kappa shape index (κ2) is 8.65. The van der Waals surface area contributed by atoms with Crippen molar-refractivity contribution in [1.29, 1.82) is 0 Å². The van der Waals surface area contributed by atoms with Crippen LogP contribution in [0.15, 0.2) is 36.4 Å². The van der Waals surface area contributed by atoms with Crippen molar-refractivity contribution in [2.45, 2.75) is 20.0 Å². The van der Waals surface area contributed by atoms with E-state index < -0.39 is 0 Å². The van der Waals surface area contributed by atoms with Crippen molar-refractivity contribution in [2.75, 3.05) is 20.8 Å². The van der Waals surface area contributed by atoms with Gasteiger partial charge >= 0.3 is 0 Å². The molecule has 0 spiro atoms. The fourth-order valence-corrected chi connectivity index (χ4v) is 2.63. The SMILES string of the molecule is CCOc1c(CNCc2ccccc2OC)cc(Cl)cc1OC. The fraction of sp³-hybridized carbons (Fsp3) is 0.333. The van der Waals surface area contributed by atoms with Crippen LogP contribution in [0.1, 0.15) is 18.1 Å². The summed E-state index contributed by atoms with van der Waals surface area (Å²) in [6.45, 7) is 3.81. The highest BCUT2D eigenvalue weighted by Crippen LogP contribution is 2.34. The standard InChI is InChI=1S/C18H22ClNO3/c1-4-23-18-14(9-15(19)10-17(18)22-3)12-20-11-13-7-5-6-8-16(13)21-2/h5-10,20H,4,11-12H2,1-3H3. The van der Waals surface area contributed by atoms with Crippen LogP contribution in [0, 0.1) is 0 Å². The van der Waals surface area contributed by atoms with Crippen LogP contribution < -0.4 is 19.5 Å². The molecule has 0 fully saturated rings. The number of hydrogen-bond acceptors (Lipinski definition) is 4. The molecule has 124 valence electrons. The second-order valence-electron chi connectivity index (χ2n) is 4.94. The van der Waals surface area contributed by atoms with Crippen molar-refractivity contribution in [1.82, 2.24) is 5.32 Å². The lowest BCUT2D eigenvalue weighted by molar-refractivity contribution is 0.306. The van der Waals surface area contributed by atoms with E-state index in [1.54, 1.807) is 20.3 Å². The van der Waals surface area contributed by atoms with Crippen LogP contribution in [0.3, 0.4) is 0 Å². The van der Waals surface area contributed by atoms with Crippen LogP contribution in [0.25, 0.3) is 0 Å². The Kier molecular flexibility index (Phi) is 6.56. The van der Waals surface area contributed by atoms with Gasteiger partial charge in [0.25, 0.3) is 0 Å². The summed E-state index contributed by atoms with van der Waals surface area (Å²) in [6.07, 6.45) is 0. The number of rotatable bonds is 8. The van der Waals surface area contributed by atoms with Crippen molar-refractivity contribution in [2.24, 2.45) is 0 Å². The zero-order chi connectivity index (χ0) is 16.7. The van der Waals surface area contributed by atoms with E-state index in [-0.39, 0.29) is 0 Å². The Bertz CT molecular complexity index is 646. The predicted octanol–water partition coefficient (Wildman–Crippen LogP) is 4.05. The third-order valence-electron chi connectivity index (χ3n) is 3.43. The largest absolute Gasteiger partial charge is 0.496 e. The molecule has 0 atom stereocenters. The van der Waals surface area contributed by atoms with Gasteiger partial charge in [0, 0.05) is 35.3 Å². The van der Waals surface area contributed by atoms with Gasteiger partial charge in [-0.1, -0.05) is 29.8 Å². The molecule has 4 nitrogen and oxygen atoms in total. The number of ether oxygens (including phenoxy) is 3. The third-order valence-corrected chi connectivity index (χ3v) is 3.65. The first kappa shape index (κ1) is 17.4. The first-order valence-electron chi connectivity index (χ1n) is 7.51. The minimum absolute atomic E-state index is 0.567. The van der Waals surface area contributed by atoms with E-state index in [4.69, 9.17) is 25.8 Å². The van der Waals surface area contributed by atoms with Crippen molar-refractivity contribution < 1.29 is 14.2 Å². The molecule has 2 aromatic carbocycles. The van der Waals surface area contributed by atoms with Gasteiger partial charge in [-0.15, -0.1) is 0 Å². The average Bonchev–Trinajstić information content (AvgIpc) is 2.57. The van der Waals surface area contributed by atoms with Crippen LogP contribution in [0.5, 0.6) is 17.2 Å². The Morgan fingerprint density at radius 2 is 1.65 bits per heavy atom. The van der Waals surface area contributed by atoms with E-state index in [0.717, 1.165) is 22.6 Å². The van der Waals surface area contributed by atoms with Crippen LogP contribution in [0.4, 0.5) is 0 Å². The Hall–Kier alpha value is -1.91. The molecule has 2 rings (SSSR count). The summed E-state index contributed by atoms with van der Waals surface area (Å²) < 4.78 is 16.4. The molecule has 0 saturated carbocycles. The van der Waals surface area contributed by atoms with E-state index in [0.29, 0.717) is 30.5 Å². The highest BCUT2D eigenvalue weighted by molar-refractivity contribution is 6.30. The average molecular weight is 336 g/mol. The van der Waals surface area contributed by atoms with Gasteiger partial charge in [-0.05, 0) is 19.1 Å². The Morgan fingerprint density at radius 3 is 2.35 bits per heavy atom. The Balaban J connectivity index is 2.12. The van der Waals surface area contributed by atoms with Gasteiger partial charge in [0.2, 0.25) is 0 Å². The molecule has 0 bridgehead atoms. The third kappa shape index (κ3) is 4.53. The summed E-state index contributed by atoms with van der Waals surface area (Å²) in [7, 11) is 3.29. The van der Waals surface area contributed by atoms with Gasteiger partial charge in [-0.2, -0.15) is 0 Å². The number of hydrogen-bond donors (Lipinski definition) is 1. The molecule has 0 heterocycles. The van der Waals surface area contributed by atoms with E-state index >= 15 is 0 Å². The second-order valence-corrected chi connectivity index (χ2v) is 5.38. The quantitative estimate of drug-likeness (QED) is 0.790. The summed E-state index contributed by atoms with van der Waals surface area (Å²) in [6, 6.07) is 11.6. The molecule has 5 heteroatoms. The maximum absolute atomic E-state index is 6.16. The number of para-hydroxylation sites is 1. The van der Waals surface area contributed by atoms with E-state index in [1.165, 1.54) is 0 Å². The Labute approximate surface area is 142 Å². The minimum Gasteiger partial charge on any atom is -0.496 e. The van der Waals surface area contributed by atoms with Crippen LogP contribution in [-0.4, -0.2) is 20.8 Å². The normalized spacial score (nSPS) is 10.4. The number of methoxy groups -OCH3 is 2. The lowest BCUT2D eigenvalue weighted by Crippen LogP contribution is -2.14. The lowest BCUT2D eigenvalue weighted by Gasteiger charge is -2.16. The summed E-state index contributed by atoms with van der Waals surface area (Å²) >= 11 is 6.16. The van der Waals surface area contributed by atoms with Crippen molar-refractivity contribution in [3.05, 3.63) is 52.5 Å². The van der Waals surface area contributed by atoms with Gasteiger partial charge in [-0.3, -0.25) is 0 Å². The summed E-state index contributed by atoms with van der Waals surface area (Å²) in [5, 5.41) is 4.02. The van der Waals surface area contributed by atoms with Gasteiger partial charge in [0.1, 0.15) is 5.75 Å². The molecule has 0 aliphatic heterocycles. The highest BCUT2D eigenvalue weighted by Gasteiger charge is 2.12. The molecule has 0 saturated heterocycles. The summed E-state index contributed by atoms with van der Waals surface area (Å²) in [4.78, 5) is 0. The maximum atomic E-state index is 6.16. The van der Waals surface area contributed by atoms with Gasteiger partial charge < -0.3 is 19.5 Å². The molecule has 0 radical (unpaired) electrons. The first-order valence-corrected chi connectivity index (χ1v) is 7.89. The maximum Gasteiger partial charge on any atom is 0.165 e. The number of halogens is 1. The number of benzene rings is 2. The molecule has 0 unspecified atom stereocenters. The predicted molar refractivity (Wildman–Crippen MR) is 92.7 cm³/mol. The Morgan fingerprint density at radius 1 is 0.957 bits per heavy atom. The van der Waals surface area contributed by atoms with Crippen LogP contribution in [0.2, 0.25) is 5.02 Å². The minimum atomic E-state index is 0.567.